The van der Waals surface area contributed by atoms with E-state index in [1.807, 2.05) is 13.0 Å². The lowest BCUT2D eigenvalue weighted by atomic mass is 10.2. The molecule has 0 fully saturated rings. The number of benzene rings is 1. The van der Waals surface area contributed by atoms with E-state index in [9.17, 15) is 9.59 Å². The van der Waals surface area contributed by atoms with E-state index in [0.717, 1.165) is 22.2 Å². The van der Waals surface area contributed by atoms with Crippen LogP contribution in [0.5, 0.6) is 0 Å². The fourth-order valence-electron chi connectivity index (χ4n) is 1.00. The van der Waals surface area contributed by atoms with Crippen LogP contribution in [-0.4, -0.2) is 17.0 Å². The summed E-state index contributed by atoms with van der Waals surface area (Å²) >= 11 is 3.33. The van der Waals surface area contributed by atoms with Crippen molar-refractivity contribution in [1.29, 1.82) is 0 Å². The molecule has 1 rings (SSSR count). The minimum Gasteiger partial charge on any atom is -0.478 e. The quantitative estimate of drug-likeness (QED) is 0.837. The van der Waals surface area contributed by atoms with E-state index in [0.29, 0.717) is 5.69 Å². The third kappa shape index (κ3) is 3.86. The van der Waals surface area contributed by atoms with Crippen LogP contribution in [0.15, 0.2) is 34.8 Å². The van der Waals surface area contributed by atoms with E-state index in [1.165, 1.54) is 0 Å². The van der Waals surface area contributed by atoms with E-state index in [-0.39, 0.29) is 0 Å². The monoisotopic (exact) mass is 283 g/mol. The molecule has 16 heavy (non-hydrogen) atoms. The van der Waals surface area contributed by atoms with Crippen molar-refractivity contribution in [1.82, 2.24) is 0 Å². The van der Waals surface area contributed by atoms with Gasteiger partial charge in [0.2, 0.25) is 5.91 Å². The zero-order valence-corrected chi connectivity index (χ0v) is 10.1. The molecule has 1 aromatic carbocycles. The van der Waals surface area contributed by atoms with Crippen molar-refractivity contribution in [2.45, 2.75) is 6.92 Å². The highest BCUT2D eigenvalue weighted by atomic mass is 79.9. The Balaban J connectivity index is 2.70. The molecular formula is C11H10BrNO3. The second-order valence-electron chi connectivity index (χ2n) is 3.12. The summed E-state index contributed by atoms with van der Waals surface area (Å²) in [7, 11) is 0. The number of hydrogen-bond acceptors (Lipinski definition) is 2. The van der Waals surface area contributed by atoms with E-state index < -0.39 is 11.9 Å². The fourth-order valence-corrected chi connectivity index (χ4v) is 1.38. The van der Waals surface area contributed by atoms with Gasteiger partial charge in [0.25, 0.3) is 0 Å². The van der Waals surface area contributed by atoms with Gasteiger partial charge in [-0.15, -0.1) is 0 Å². The predicted octanol–water partition coefficient (Wildman–Crippen LogP) is 2.34. The second-order valence-corrected chi connectivity index (χ2v) is 3.98. The molecule has 0 atom stereocenters. The molecule has 0 spiro atoms. The van der Waals surface area contributed by atoms with Crippen LogP contribution in [0, 0.1) is 6.92 Å². The Morgan fingerprint density at radius 3 is 2.62 bits per heavy atom. The molecule has 4 nitrogen and oxygen atoms in total. The van der Waals surface area contributed by atoms with Crippen molar-refractivity contribution < 1.29 is 14.7 Å². The average Bonchev–Trinajstić information content (AvgIpc) is 2.21. The molecule has 0 unspecified atom stereocenters. The number of nitrogens with one attached hydrogen (secondary N) is 1. The molecule has 0 saturated carbocycles. The third-order valence-corrected chi connectivity index (χ3v) is 2.67. The van der Waals surface area contributed by atoms with Gasteiger partial charge in [0, 0.05) is 22.3 Å². The number of anilines is 1. The zero-order valence-electron chi connectivity index (χ0n) is 8.53. The van der Waals surface area contributed by atoms with Gasteiger partial charge in [-0.05, 0) is 24.6 Å². The number of hydrogen-bond donors (Lipinski definition) is 2. The van der Waals surface area contributed by atoms with Crippen LogP contribution in [0.3, 0.4) is 0 Å². The molecule has 84 valence electrons. The maximum Gasteiger partial charge on any atom is 0.328 e. The topological polar surface area (TPSA) is 66.4 Å². The molecule has 0 radical (unpaired) electrons. The van der Waals surface area contributed by atoms with Crippen molar-refractivity contribution in [3.8, 4) is 0 Å². The van der Waals surface area contributed by atoms with Gasteiger partial charge in [-0.25, -0.2) is 4.79 Å². The number of carbonyl (C=O) groups is 2. The molecular weight excluding hydrogens is 274 g/mol. The predicted molar refractivity (Wildman–Crippen MR) is 64.3 cm³/mol. The van der Waals surface area contributed by atoms with E-state index in [2.05, 4.69) is 21.2 Å². The number of aryl methyl sites for hydroxylation is 1. The number of carboxylic acid groups (broad SMARTS) is 1. The van der Waals surface area contributed by atoms with Crippen molar-refractivity contribution in [3.63, 3.8) is 0 Å². The SMILES string of the molecule is Cc1ccc(NC(=O)/C=C/C(=O)O)cc1Br. The standard InChI is InChI=1S/C11H10BrNO3/c1-7-2-3-8(6-9(7)12)13-10(14)4-5-11(15)16/h2-6H,1H3,(H,13,14)(H,15,16)/b5-4+. The molecule has 5 heteroatoms. The lowest BCUT2D eigenvalue weighted by Gasteiger charge is -2.04. The van der Waals surface area contributed by atoms with Crippen LogP contribution < -0.4 is 5.32 Å². The summed E-state index contributed by atoms with van der Waals surface area (Å²) in [5.41, 5.74) is 1.66. The Bertz CT molecular complexity index is 455. The summed E-state index contributed by atoms with van der Waals surface area (Å²) in [6.07, 6.45) is 1.76. The molecule has 1 aromatic rings. The number of halogens is 1. The van der Waals surface area contributed by atoms with Crippen LogP contribution in [0.25, 0.3) is 0 Å². The van der Waals surface area contributed by atoms with Gasteiger partial charge in [0.15, 0.2) is 0 Å². The second kappa shape index (κ2) is 5.46. The van der Waals surface area contributed by atoms with Gasteiger partial charge in [0.1, 0.15) is 0 Å². The highest BCUT2D eigenvalue weighted by molar-refractivity contribution is 9.10. The maximum absolute atomic E-state index is 11.2. The molecule has 0 bridgehead atoms. The number of carboxylic acids is 1. The summed E-state index contributed by atoms with van der Waals surface area (Å²) in [4.78, 5) is 21.4. The summed E-state index contributed by atoms with van der Waals surface area (Å²) in [6, 6.07) is 5.34. The highest BCUT2D eigenvalue weighted by Crippen LogP contribution is 2.20. The van der Waals surface area contributed by atoms with Crippen molar-refractivity contribution in [2.75, 3.05) is 5.32 Å². The summed E-state index contributed by atoms with van der Waals surface area (Å²) < 4.78 is 0.882. The average molecular weight is 284 g/mol. The van der Waals surface area contributed by atoms with Gasteiger partial charge < -0.3 is 10.4 Å². The maximum atomic E-state index is 11.2. The Kier molecular flexibility index (Phi) is 4.25. The first kappa shape index (κ1) is 12.4. The molecule has 0 heterocycles. The van der Waals surface area contributed by atoms with Gasteiger partial charge >= 0.3 is 5.97 Å². The van der Waals surface area contributed by atoms with Crippen molar-refractivity contribution >= 4 is 33.5 Å². The van der Waals surface area contributed by atoms with Gasteiger partial charge in [0.05, 0.1) is 0 Å². The van der Waals surface area contributed by atoms with Crippen LogP contribution in [0.1, 0.15) is 5.56 Å². The van der Waals surface area contributed by atoms with Crippen LogP contribution >= 0.6 is 15.9 Å². The van der Waals surface area contributed by atoms with Crippen molar-refractivity contribution in [3.05, 3.63) is 40.4 Å². The van der Waals surface area contributed by atoms with Gasteiger partial charge in [-0.2, -0.15) is 0 Å². The van der Waals surface area contributed by atoms with Gasteiger partial charge in [-0.1, -0.05) is 22.0 Å². The van der Waals surface area contributed by atoms with Gasteiger partial charge in [-0.3, -0.25) is 4.79 Å². The van der Waals surface area contributed by atoms with E-state index in [4.69, 9.17) is 5.11 Å². The number of amides is 1. The lowest BCUT2D eigenvalue weighted by Crippen LogP contribution is -2.08. The van der Waals surface area contributed by atoms with Crippen LogP contribution in [-0.2, 0) is 9.59 Å². The molecule has 0 aromatic heterocycles. The first-order valence-corrected chi connectivity index (χ1v) is 5.26. The Morgan fingerprint density at radius 1 is 1.38 bits per heavy atom. The van der Waals surface area contributed by atoms with Crippen LogP contribution in [0.4, 0.5) is 5.69 Å². The van der Waals surface area contributed by atoms with Crippen molar-refractivity contribution in [2.24, 2.45) is 0 Å². The number of rotatable bonds is 3. The fraction of sp³-hybridized carbons (Fsp3) is 0.0909. The summed E-state index contributed by atoms with van der Waals surface area (Å²) in [5, 5.41) is 10.9. The molecule has 2 N–H and O–H groups in total. The summed E-state index contributed by atoms with van der Waals surface area (Å²) in [5.74, 6) is -1.63. The van der Waals surface area contributed by atoms with Crippen LogP contribution in [0.2, 0.25) is 0 Å². The first-order valence-electron chi connectivity index (χ1n) is 4.47. The molecule has 1 amide bonds. The highest BCUT2D eigenvalue weighted by Gasteiger charge is 2.00. The first-order chi connectivity index (χ1) is 7.49. The molecule has 0 saturated heterocycles. The Morgan fingerprint density at radius 2 is 2.06 bits per heavy atom. The van der Waals surface area contributed by atoms with E-state index >= 15 is 0 Å². The summed E-state index contributed by atoms with van der Waals surface area (Å²) in [6.45, 7) is 1.93. The Hall–Kier alpha value is -1.62. The molecule has 0 aliphatic heterocycles. The van der Waals surface area contributed by atoms with E-state index in [1.54, 1.807) is 12.1 Å². The number of carbonyl (C=O) groups excluding carboxylic acids is 1. The molecule has 0 aliphatic carbocycles. The zero-order chi connectivity index (χ0) is 12.1. The normalized spacial score (nSPS) is 10.4. The largest absolute Gasteiger partial charge is 0.478 e. The molecule has 0 aliphatic rings. The smallest absolute Gasteiger partial charge is 0.328 e. The minimum atomic E-state index is -1.15. The lowest BCUT2D eigenvalue weighted by molar-refractivity contribution is -0.131. The number of aliphatic carboxylic acids is 1. The third-order valence-electron chi connectivity index (χ3n) is 1.82. The Labute approximate surface area is 101 Å². The minimum absolute atomic E-state index is 0.474.